The highest BCUT2D eigenvalue weighted by atomic mass is 32.1. The lowest BCUT2D eigenvalue weighted by atomic mass is 10.1. The number of carboxylic acids is 1. The normalized spacial score (nSPS) is 12.1. The van der Waals surface area contributed by atoms with E-state index in [0.29, 0.717) is 6.42 Å². The summed E-state index contributed by atoms with van der Waals surface area (Å²) in [6.07, 6.45) is 0.557. The summed E-state index contributed by atoms with van der Waals surface area (Å²) in [7, 11) is 0. The van der Waals surface area contributed by atoms with Gasteiger partial charge in [0.15, 0.2) is 5.52 Å². The minimum Gasteiger partial charge on any atom is -0.480 e. The SMILES string of the molecule is CCC(C)N(CC(=O)O)C(=O)c1cc([N+](=O)[O-])c2nsnc2c1. The topological polar surface area (TPSA) is 127 Å². The van der Waals surface area contributed by atoms with Crippen molar-refractivity contribution in [3.05, 3.63) is 27.8 Å². The first-order valence-electron chi connectivity index (χ1n) is 6.78. The molecule has 0 saturated carbocycles. The van der Waals surface area contributed by atoms with Crippen molar-refractivity contribution < 1.29 is 19.6 Å². The number of nitrogens with zero attached hydrogens (tertiary/aromatic N) is 4. The number of hydrogen-bond acceptors (Lipinski definition) is 7. The maximum atomic E-state index is 12.6. The number of amides is 1. The molecule has 0 fully saturated rings. The van der Waals surface area contributed by atoms with Gasteiger partial charge in [0, 0.05) is 17.7 Å². The van der Waals surface area contributed by atoms with Crippen molar-refractivity contribution in [3.63, 3.8) is 0 Å². The summed E-state index contributed by atoms with van der Waals surface area (Å²) in [4.78, 5) is 35.3. The van der Waals surface area contributed by atoms with Crippen LogP contribution in [0.4, 0.5) is 5.69 Å². The van der Waals surface area contributed by atoms with Gasteiger partial charge in [-0.3, -0.25) is 19.7 Å². The number of carbonyl (C=O) groups is 2. The van der Waals surface area contributed by atoms with Crippen LogP contribution in [0.1, 0.15) is 30.6 Å². The minimum atomic E-state index is -1.15. The van der Waals surface area contributed by atoms with E-state index in [1.807, 2.05) is 6.92 Å². The third-order valence-corrected chi connectivity index (χ3v) is 4.02. The number of nitro groups is 1. The molecule has 2 aromatic rings. The maximum Gasteiger partial charge on any atom is 0.323 e. The fourth-order valence-corrected chi connectivity index (χ4v) is 2.63. The third-order valence-electron chi connectivity index (χ3n) is 3.47. The van der Waals surface area contributed by atoms with Crippen LogP contribution < -0.4 is 0 Å². The van der Waals surface area contributed by atoms with Crippen molar-refractivity contribution in [1.29, 1.82) is 0 Å². The lowest BCUT2D eigenvalue weighted by Gasteiger charge is -2.26. The quantitative estimate of drug-likeness (QED) is 0.629. The van der Waals surface area contributed by atoms with Gasteiger partial charge in [0.2, 0.25) is 0 Å². The van der Waals surface area contributed by atoms with E-state index < -0.39 is 23.3 Å². The van der Waals surface area contributed by atoms with Crippen molar-refractivity contribution in [2.45, 2.75) is 26.3 Å². The first-order valence-corrected chi connectivity index (χ1v) is 7.51. The van der Waals surface area contributed by atoms with Gasteiger partial charge in [-0.15, -0.1) is 0 Å². The second kappa shape index (κ2) is 6.65. The highest BCUT2D eigenvalue weighted by Crippen LogP contribution is 2.27. The number of carbonyl (C=O) groups excluding carboxylic acids is 1. The number of aromatic nitrogens is 2. The molecule has 0 spiro atoms. The molecule has 1 N–H and O–H groups in total. The summed E-state index contributed by atoms with van der Waals surface area (Å²) in [6, 6.07) is 2.19. The van der Waals surface area contributed by atoms with Crippen LogP contribution in [0.2, 0.25) is 0 Å². The molecule has 0 aliphatic rings. The largest absolute Gasteiger partial charge is 0.480 e. The Bertz CT molecular complexity index is 775. The molecule has 1 atom stereocenters. The van der Waals surface area contributed by atoms with Crippen LogP contribution in [-0.2, 0) is 4.79 Å². The number of nitro benzene ring substituents is 1. The molecule has 1 unspecified atom stereocenters. The molecule has 10 heteroatoms. The van der Waals surface area contributed by atoms with Gasteiger partial charge in [-0.2, -0.15) is 8.75 Å². The molecule has 23 heavy (non-hydrogen) atoms. The number of hydrogen-bond donors (Lipinski definition) is 1. The summed E-state index contributed by atoms with van der Waals surface area (Å²) < 4.78 is 7.78. The molecule has 1 heterocycles. The Kier molecular flexibility index (Phi) is 4.84. The number of rotatable bonds is 6. The van der Waals surface area contributed by atoms with Crippen LogP contribution in [-0.4, -0.2) is 48.1 Å². The zero-order valence-electron chi connectivity index (χ0n) is 12.4. The van der Waals surface area contributed by atoms with Crippen LogP contribution in [0.25, 0.3) is 11.0 Å². The lowest BCUT2D eigenvalue weighted by molar-refractivity contribution is -0.383. The van der Waals surface area contributed by atoms with E-state index in [-0.39, 0.29) is 28.3 Å². The van der Waals surface area contributed by atoms with Crippen LogP contribution in [0.15, 0.2) is 12.1 Å². The van der Waals surface area contributed by atoms with Gasteiger partial charge >= 0.3 is 5.97 Å². The molecule has 9 nitrogen and oxygen atoms in total. The monoisotopic (exact) mass is 338 g/mol. The van der Waals surface area contributed by atoms with Crippen molar-refractivity contribution >= 4 is 40.3 Å². The Labute approximate surface area is 135 Å². The molecule has 122 valence electrons. The second-order valence-corrected chi connectivity index (χ2v) is 5.50. The van der Waals surface area contributed by atoms with E-state index >= 15 is 0 Å². The Morgan fingerprint density at radius 2 is 2.13 bits per heavy atom. The Hall–Kier alpha value is -2.62. The molecule has 0 saturated heterocycles. The van der Waals surface area contributed by atoms with E-state index in [1.54, 1.807) is 6.92 Å². The van der Waals surface area contributed by atoms with E-state index in [2.05, 4.69) is 8.75 Å². The van der Waals surface area contributed by atoms with Gasteiger partial charge in [-0.25, -0.2) is 0 Å². The highest BCUT2D eigenvalue weighted by Gasteiger charge is 2.26. The van der Waals surface area contributed by atoms with Crippen LogP contribution in [0.3, 0.4) is 0 Å². The Morgan fingerprint density at radius 3 is 2.70 bits per heavy atom. The lowest BCUT2D eigenvalue weighted by Crippen LogP contribution is -2.41. The summed E-state index contributed by atoms with van der Waals surface area (Å²) in [5, 5.41) is 20.1. The predicted octanol–water partition coefficient (Wildman–Crippen LogP) is 1.92. The van der Waals surface area contributed by atoms with Crippen molar-refractivity contribution in [3.8, 4) is 0 Å². The van der Waals surface area contributed by atoms with Gasteiger partial charge in [0.25, 0.3) is 11.6 Å². The number of benzene rings is 1. The van der Waals surface area contributed by atoms with Crippen molar-refractivity contribution in [1.82, 2.24) is 13.6 Å². The molecule has 0 aliphatic heterocycles. The summed E-state index contributed by atoms with van der Waals surface area (Å²) in [5.74, 6) is -1.73. The molecule has 0 aliphatic carbocycles. The van der Waals surface area contributed by atoms with E-state index in [4.69, 9.17) is 5.11 Å². The summed E-state index contributed by atoms with van der Waals surface area (Å²) >= 11 is 0.811. The molecule has 1 aromatic heterocycles. The minimum absolute atomic E-state index is 0.0263. The van der Waals surface area contributed by atoms with E-state index in [9.17, 15) is 19.7 Å². The number of non-ortho nitro benzene ring substituents is 1. The zero-order chi connectivity index (χ0) is 17.1. The maximum absolute atomic E-state index is 12.6. The van der Waals surface area contributed by atoms with Gasteiger partial charge in [-0.1, -0.05) is 6.92 Å². The Morgan fingerprint density at radius 1 is 1.43 bits per heavy atom. The standard InChI is InChI=1S/C13H14N4O5S/c1-3-7(2)16(6-11(18)19)13(20)8-4-9-12(15-23-14-9)10(5-8)17(21)22/h4-5,7H,3,6H2,1-2H3,(H,18,19). The number of carboxylic acid groups (broad SMARTS) is 1. The number of fused-ring (bicyclic) bond motifs is 1. The molecular formula is C13H14N4O5S. The van der Waals surface area contributed by atoms with E-state index in [1.165, 1.54) is 11.0 Å². The predicted molar refractivity (Wildman–Crippen MR) is 82.5 cm³/mol. The first kappa shape index (κ1) is 16.7. The fourth-order valence-electron chi connectivity index (χ4n) is 2.09. The average molecular weight is 338 g/mol. The average Bonchev–Trinajstić information content (AvgIpc) is 2.98. The first-order chi connectivity index (χ1) is 10.8. The molecule has 0 bridgehead atoms. The van der Waals surface area contributed by atoms with Crippen LogP contribution in [0, 0.1) is 10.1 Å². The van der Waals surface area contributed by atoms with Gasteiger partial charge < -0.3 is 10.0 Å². The third kappa shape index (κ3) is 3.42. The molecule has 2 rings (SSSR count). The summed E-state index contributed by atoms with van der Waals surface area (Å²) in [6.45, 7) is 3.07. The van der Waals surface area contributed by atoms with Crippen LogP contribution in [0.5, 0.6) is 0 Å². The highest BCUT2D eigenvalue weighted by molar-refractivity contribution is 7.00. The van der Waals surface area contributed by atoms with Gasteiger partial charge in [0.1, 0.15) is 12.1 Å². The van der Waals surface area contributed by atoms with Crippen LogP contribution >= 0.6 is 11.7 Å². The zero-order valence-corrected chi connectivity index (χ0v) is 13.2. The Balaban J connectivity index is 2.50. The van der Waals surface area contributed by atoms with Crippen molar-refractivity contribution in [2.24, 2.45) is 0 Å². The molecule has 1 aromatic carbocycles. The molecule has 1 amide bonds. The van der Waals surface area contributed by atoms with Crippen molar-refractivity contribution in [2.75, 3.05) is 6.54 Å². The van der Waals surface area contributed by atoms with Gasteiger partial charge in [0.05, 0.1) is 16.7 Å². The smallest absolute Gasteiger partial charge is 0.323 e. The molecule has 0 radical (unpaired) electrons. The van der Waals surface area contributed by atoms with Gasteiger partial charge in [-0.05, 0) is 19.4 Å². The molecular weight excluding hydrogens is 324 g/mol. The number of aliphatic carboxylic acids is 1. The second-order valence-electron chi connectivity index (χ2n) is 4.97. The van der Waals surface area contributed by atoms with E-state index in [0.717, 1.165) is 17.8 Å². The fraction of sp³-hybridized carbons (Fsp3) is 0.385. The summed E-state index contributed by atoms with van der Waals surface area (Å²) in [5.41, 5.74) is 0.0642.